The zero-order chi connectivity index (χ0) is 12.0. The van der Waals surface area contributed by atoms with Gasteiger partial charge in [0.1, 0.15) is 0 Å². The maximum Gasteiger partial charge on any atom is 0.239 e. The summed E-state index contributed by atoms with van der Waals surface area (Å²) in [5, 5.41) is 3.14. The van der Waals surface area contributed by atoms with Crippen molar-refractivity contribution in [1.29, 1.82) is 0 Å². The molecule has 4 nitrogen and oxygen atoms in total. The molecular weight excluding hydrogens is 224 g/mol. The third-order valence-electron chi connectivity index (χ3n) is 2.89. The van der Waals surface area contributed by atoms with E-state index in [0.29, 0.717) is 18.1 Å². The quantitative estimate of drug-likeness (QED) is 0.736. The second-order valence-electron chi connectivity index (χ2n) is 4.14. The van der Waals surface area contributed by atoms with E-state index in [1.54, 1.807) is 0 Å². The average molecular weight is 246 g/mol. The molecular formula is C11H22N2O2S. The Morgan fingerprint density at radius 1 is 1.44 bits per heavy atom. The van der Waals surface area contributed by atoms with Crippen molar-refractivity contribution in [1.82, 2.24) is 10.2 Å². The lowest BCUT2D eigenvalue weighted by atomic mass is 10.3. The molecule has 1 amide bonds. The minimum Gasteiger partial charge on any atom is -0.341 e. The van der Waals surface area contributed by atoms with E-state index in [-0.39, 0.29) is 11.9 Å². The van der Waals surface area contributed by atoms with Crippen LogP contribution in [0.1, 0.15) is 26.7 Å². The summed E-state index contributed by atoms with van der Waals surface area (Å²) in [6.45, 7) is 6.24. The summed E-state index contributed by atoms with van der Waals surface area (Å²) in [5.41, 5.74) is 0. The van der Waals surface area contributed by atoms with Gasteiger partial charge in [0, 0.05) is 41.9 Å². The van der Waals surface area contributed by atoms with E-state index >= 15 is 0 Å². The summed E-state index contributed by atoms with van der Waals surface area (Å²) >= 11 is 0. The SMILES string of the molecule is CCS(=O)CCNC(C)C(=O)N1CCCC1. The van der Waals surface area contributed by atoms with Crippen molar-refractivity contribution in [2.75, 3.05) is 31.1 Å². The van der Waals surface area contributed by atoms with Gasteiger partial charge in [-0.2, -0.15) is 0 Å². The van der Waals surface area contributed by atoms with Crippen LogP contribution in [-0.2, 0) is 15.6 Å². The zero-order valence-electron chi connectivity index (χ0n) is 10.2. The highest BCUT2D eigenvalue weighted by atomic mass is 32.2. The van der Waals surface area contributed by atoms with E-state index in [1.165, 1.54) is 0 Å². The van der Waals surface area contributed by atoms with Gasteiger partial charge >= 0.3 is 0 Å². The summed E-state index contributed by atoms with van der Waals surface area (Å²) in [6.07, 6.45) is 2.25. The Morgan fingerprint density at radius 2 is 2.06 bits per heavy atom. The van der Waals surface area contributed by atoms with Crippen molar-refractivity contribution in [3.8, 4) is 0 Å². The first kappa shape index (κ1) is 13.6. The highest BCUT2D eigenvalue weighted by molar-refractivity contribution is 7.84. The fourth-order valence-corrected chi connectivity index (χ4v) is 2.47. The van der Waals surface area contributed by atoms with Crippen LogP contribution in [0.3, 0.4) is 0 Å². The number of rotatable bonds is 6. The molecule has 16 heavy (non-hydrogen) atoms. The third-order valence-corrected chi connectivity index (χ3v) is 4.19. The lowest BCUT2D eigenvalue weighted by Crippen LogP contribution is -2.44. The monoisotopic (exact) mass is 246 g/mol. The maximum atomic E-state index is 11.9. The van der Waals surface area contributed by atoms with Crippen LogP contribution in [-0.4, -0.2) is 52.2 Å². The number of carbonyl (C=O) groups is 1. The Morgan fingerprint density at radius 3 is 2.62 bits per heavy atom. The molecule has 2 unspecified atom stereocenters. The van der Waals surface area contributed by atoms with Crippen molar-refractivity contribution < 1.29 is 9.00 Å². The number of carbonyl (C=O) groups excluding carboxylic acids is 1. The molecule has 2 atom stereocenters. The molecule has 0 spiro atoms. The largest absolute Gasteiger partial charge is 0.341 e. The summed E-state index contributed by atoms with van der Waals surface area (Å²) in [7, 11) is -0.746. The lowest BCUT2D eigenvalue weighted by Gasteiger charge is -2.21. The van der Waals surface area contributed by atoms with Gasteiger partial charge in [0.15, 0.2) is 0 Å². The van der Waals surface area contributed by atoms with Crippen LogP contribution in [0.15, 0.2) is 0 Å². The summed E-state index contributed by atoms with van der Waals surface area (Å²) in [5.74, 6) is 1.50. The van der Waals surface area contributed by atoms with Crippen LogP contribution in [0.25, 0.3) is 0 Å². The first-order chi connectivity index (χ1) is 7.65. The van der Waals surface area contributed by atoms with Crippen molar-refractivity contribution in [2.45, 2.75) is 32.7 Å². The molecule has 0 saturated carbocycles. The Kier molecular flexibility index (Phi) is 5.98. The number of amides is 1. The van der Waals surface area contributed by atoms with Crippen molar-refractivity contribution >= 4 is 16.7 Å². The van der Waals surface area contributed by atoms with Gasteiger partial charge in [-0.15, -0.1) is 0 Å². The van der Waals surface area contributed by atoms with E-state index < -0.39 is 10.8 Å². The number of hydrogen-bond acceptors (Lipinski definition) is 3. The first-order valence-electron chi connectivity index (χ1n) is 6.02. The topological polar surface area (TPSA) is 49.4 Å². The van der Waals surface area contributed by atoms with Gasteiger partial charge in [0.2, 0.25) is 5.91 Å². The molecule has 0 aliphatic carbocycles. The smallest absolute Gasteiger partial charge is 0.239 e. The third kappa shape index (κ3) is 4.22. The molecule has 0 aromatic carbocycles. The molecule has 1 saturated heterocycles. The molecule has 1 N–H and O–H groups in total. The van der Waals surface area contributed by atoms with E-state index in [4.69, 9.17) is 0 Å². The Labute approximate surface area is 100 Å². The van der Waals surface area contributed by atoms with E-state index in [2.05, 4.69) is 5.32 Å². The predicted molar refractivity (Wildman–Crippen MR) is 66.8 cm³/mol. The van der Waals surface area contributed by atoms with Crippen LogP contribution in [0.5, 0.6) is 0 Å². The molecule has 0 bridgehead atoms. The molecule has 5 heteroatoms. The molecule has 0 aromatic rings. The molecule has 1 heterocycles. The van der Waals surface area contributed by atoms with Gasteiger partial charge in [0.25, 0.3) is 0 Å². The standard InChI is InChI=1S/C11H22N2O2S/c1-3-16(15)9-6-12-10(2)11(14)13-7-4-5-8-13/h10,12H,3-9H2,1-2H3. The van der Waals surface area contributed by atoms with Crippen LogP contribution < -0.4 is 5.32 Å². The number of likely N-dealkylation sites (tertiary alicyclic amines) is 1. The van der Waals surface area contributed by atoms with Crippen molar-refractivity contribution in [3.05, 3.63) is 0 Å². The summed E-state index contributed by atoms with van der Waals surface area (Å²) in [6, 6.07) is -0.146. The highest BCUT2D eigenvalue weighted by Gasteiger charge is 2.22. The summed E-state index contributed by atoms with van der Waals surface area (Å²) in [4.78, 5) is 13.8. The fraction of sp³-hybridized carbons (Fsp3) is 0.909. The summed E-state index contributed by atoms with van der Waals surface area (Å²) < 4.78 is 11.2. The number of nitrogens with one attached hydrogen (secondary N) is 1. The Balaban J connectivity index is 2.20. The minimum absolute atomic E-state index is 0.146. The first-order valence-corrected chi connectivity index (χ1v) is 7.51. The highest BCUT2D eigenvalue weighted by Crippen LogP contribution is 2.08. The molecule has 1 aliphatic heterocycles. The zero-order valence-corrected chi connectivity index (χ0v) is 11.0. The van der Waals surface area contributed by atoms with Crippen LogP contribution in [0.2, 0.25) is 0 Å². The minimum atomic E-state index is -0.746. The van der Waals surface area contributed by atoms with Crippen molar-refractivity contribution in [2.24, 2.45) is 0 Å². The maximum absolute atomic E-state index is 11.9. The van der Waals surface area contributed by atoms with Crippen LogP contribution >= 0.6 is 0 Å². The fourth-order valence-electron chi connectivity index (χ4n) is 1.83. The molecule has 1 fully saturated rings. The molecule has 1 rings (SSSR count). The molecule has 0 aromatic heterocycles. The Hall–Kier alpha value is -0.420. The van der Waals surface area contributed by atoms with Crippen LogP contribution in [0.4, 0.5) is 0 Å². The van der Waals surface area contributed by atoms with E-state index in [0.717, 1.165) is 25.9 Å². The van der Waals surface area contributed by atoms with Crippen LogP contribution in [0, 0.1) is 0 Å². The molecule has 94 valence electrons. The van der Waals surface area contributed by atoms with Gasteiger partial charge in [-0.3, -0.25) is 9.00 Å². The Bertz CT molecular complexity index is 252. The lowest BCUT2D eigenvalue weighted by molar-refractivity contribution is -0.131. The van der Waals surface area contributed by atoms with Gasteiger partial charge in [0.05, 0.1) is 6.04 Å². The van der Waals surface area contributed by atoms with Gasteiger partial charge < -0.3 is 10.2 Å². The predicted octanol–water partition coefficient (Wildman–Crippen LogP) is 0.356. The van der Waals surface area contributed by atoms with Gasteiger partial charge in [-0.1, -0.05) is 6.92 Å². The average Bonchev–Trinajstić information content (AvgIpc) is 2.81. The molecule has 0 radical (unpaired) electrons. The van der Waals surface area contributed by atoms with E-state index in [1.807, 2.05) is 18.7 Å². The number of hydrogen-bond donors (Lipinski definition) is 1. The molecule has 1 aliphatic rings. The van der Waals surface area contributed by atoms with Gasteiger partial charge in [-0.05, 0) is 19.8 Å². The van der Waals surface area contributed by atoms with Gasteiger partial charge in [-0.25, -0.2) is 0 Å². The second-order valence-corrected chi connectivity index (χ2v) is 6.01. The normalized spacial score (nSPS) is 19.8. The van der Waals surface area contributed by atoms with E-state index in [9.17, 15) is 9.00 Å². The number of nitrogens with zero attached hydrogens (tertiary/aromatic N) is 1. The second kappa shape index (κ2) is 7.01. The van der Waals surface area contributed by atoms with Crippen molar-refractivity contribution in [3.63, 3.8) is 0 Å².